The van der Waals surface area contributed by atoms with Gasteiger partial charge >= 0.3 is 18.0 Å². The van der Waals surface area contributed by atoms with Gasteiger partial charge in [-0.15, -0.1) is 0 Å². The molecule has 0 radical (unpaired) electrons. The van der Waals surface area contributed by atoms with Crippen molar-refractivity contribution in [2.24, 2.45) is 0 Å². The summed E-state index contributed by atoms with van der Waals surface area (Å²) < 4.78 is 10.2. The molecule has 0 atom stereocenters. The van der Waals surface area contributed by atoms with Crippen molar-refractivity contribution in [1.82, 2.24) is 4.90 Å². The highest BCUT2D eigenvalue weighted by atomic mass is 16.6. The lowest BCUT2D eigenvalue weighted by atomic mass is 10.1. The fourth-order valence-electron chi connectivity index (χ4n) is 2.57. The van der Waals surface area contributed by atoms with Gasteiger partial charge in [0.1, 0.15) is 5.60 Å². The molecule has 0 saturated carbocycles. The minimum Gasteiger partial charge on any atom is -0.478 e. The van der Waals surface area contributed by atoms with Gasteiger partial charge in [0.05, 0.1) is 18.2 Å². The number of hydrogen-bond donors (Lipinski definition) is 1. The average molecular weight is 399 g/mol. The molecule has 0 aliphatic carbocycles. The Bertz CT molecular complexity index is 866. The number of methoxy groups -OCH3 is 1. The van der Waals surface area contributed by atoms with Crippen LogP contribution >= 0.6 is 0 Å². The molecule has 154 valence electrons. The number of ether oxygens (including phenoxy) is 2. The first-order valence-electron chi connectivity index (χ1n) is 9.06. The number of amides is 1. The van der Waals surface area contributed by atoms with Crippen molar-refractivity contribution in [3.8, 4) is 0 Å². The van der Waals surface area contributed by atoms with Gasteiger partial charge in [-0.3, -0.25) is 4.90 Å². The molecule has 1 N–H and O–H groups in total. The third-order valence-corrected chi connectivity index (χ3v) is 3.97. The summed E-state index contributed by atoms with van der Waals surface area (Å²) in [6, 6.07) is 13.1. The number of aromatic carboxylic acids is 1. The molecule has 7 heteroatoms. The van der Waals surface area contributed by atoms with Crippen LogP contribution in [-0.4, -0.2) is 40.7 Å². The predicted molar refractivity (Wildman–Crippen MR) is 107 cm³/mol. The van der Waals surface area contributed by atoms with Crippen LogP contribution in [0.2, 0.25) is 0 Å². The van der Waals surface area contributed by atoms with Gasteiger partial charge in [-0.2, -0.15) is 0 Å². The topological polar surface area (TPSA) is 93.1 Å². The first-order valence-corrected chi connectivity index (χ1v) is 9.06. The van der Waals surface area contributed by atoms with E-state index >= 15 is 0 Å². The Morgan fingerprint density at radius 2 is 1.31 bits per heavy atom. The molecule has 0 aromatic heterocycles. The lowest BCUT2D eigenvalue weighted by Gasteiger charge is -2.27. The molecule has 0 unspecified atom stereocenters. The second-order valence-electron chi connectivity index (χ2n) is 7.53. The monoisotopic (exact) mass is 399 g/mol. The van der Waals surface area contributed by atoms with Crippen LogP contribution in [0.1, 0.15) is 52.6 Å². The van der Waals surface area contributed by atoms with E-state index in [1.807, 2.05) is 0 Å². The van der Waals surface area contributed by atoms with Gasteiger partial charge < -0.3 is 14.6 Å². The van der Waals surface area contributed by atoms with Crippen LogP contribution in [0.3, 0.4) is 0 Å². The second-order valence-corrected chi connectivity index (χ2v) is 7.53. The summed E-state index contributed by atoms with van der Waals surface area (Å²) >= 11 is 0. The number of rotatable bonds is 6. The summed E-state index contributed by atoms with van der Waals surface area (Å²) in [7, 11) is 1.32. The molecule has 0 aliphatic heterocycles. The third kappa shape index (κ3) is 6.64. The largest absolute Gasteiger partial charge is 0.478 e. The van der Waals surface area contributed by atoms with E-state index in [0.717, 1.165) is 11.1 Å². The zero-order chi connectivity index (χ0) is 21.6. The van der Waals surface area contributed by atoms with Crippen LogP contribution < -0.4 is 0 Å². The number of nitrogens with zero attached hydrogens (tertiary/aromatic N) is 1. The second kappa shape index (κ2) is 9.23. The van der Waals surface area contributed by atoms with Crippen LogP contribution in [0.25, 0.3) is 0 Å². The van der Waals surface area contributed by atoms with E-state index in [0.29, 0.717) is 5.56 Å². The Morgan fingerprint density at radius 3 is 1.69 bits per heavy atom. The van der Waals surface area contributed by atoms with E-state index in [2.05, 4.69) is 0 Å². The summed E-state index contributed by atoms with van der Waals surface area (Å²) in [6.45, 7) is 5.87. The van der Waals surface area contributed by atoms with Crippen molar-refractivity contribution in [3.63, 3.8) is 0 Å². The molecule has 0 fully saturated rings. The number of carboxylic acids is 1. The highest BCUT2D eigenvalue weighted by molar-refractivity contribution is 5.89. The highest BCUT2D eigenvalue weighted by Gasteiger charge is 2.23. The van der Waals surface area contributed by atoms with Crippen LogP contribution in [-0.2, 0) is 22.6 Å². The molecule has 0 spiro atoms. The summed E-state index contributed by atoms with van der Waals surface area (Å²) in [5.41, 5.74) is 1.52. The molecule has 2 rings (SSSR count). The van der Waals surface area contributed by atoms with E-state index in [1.165, 1.54) is 24.1 Å². The quantitative estimate of drug-likeness (QED) is 0.735. The maximum absolute atomic E-state index is 12.7. The Kier molecular flexibility index (Phi) is 6.98. The SMILES string of the molecule is COC(=O)c1ccc(CN(Cc2ccc(C(=O)O)cc2)C(=O)OC(C)(C)C)cc1. The van der Waals surface area contributed by atoms with Gasteiger partial charge in [0.2, 0.25) is 0 Å². The fourth-order valence-corrected chi connectivity index (χ4v) is 2.57. The van der Waals surface area contributed by atoms with Gasteiger partial charge in [-0.05, 0) is 56.2 Å². The van der Waals surface area contributed by atoms with Gasteiger partial charge in [0, 0.05) is 13.1 Å². The van der Waals surface area contributed by atoms with Crippen LogP contribution in [0.15, 0.2) is 48.5 Å². The number of carbonyl (C=O) groups is 3. The zero-order valence-corrected chi connectivity index (χ0v) is 17.0. The van der Waals surface area contributed by atoms with Crippen molar-refractivity contribution >= 4 is 18.0 Å². The Hall–Kier alpha value is -3.35. The Balaban J connectivity index is 2.21. The van der Waals surface area contributed by atoms with E-state index < -0.39 is 23.6 Å². The summed E-state index contributed by atoms with van der Waals surface area (Å²) in [4.78, 5) is 36.8. The van der Waals surface area contributed by atoms with Crippen molar-refractivity contribution in [3.05, 3.63) is 70.8 Å². The maximum atomic E-state index is 12.7. The van der Waals surface area contributed by atoms with Gasteiger partial charge in [-0.25, -0.2) is 14.4 Å². The first-order chi connectivity index (χ1) is 13.6. The first kappa shape index (κ1) is 21.9. The molecule has 7 nitrogen and oxygen atoms in total. The van der Waals surface area contributed by atoms with Gasteiger partial charge in [0.25, 0.3) is 0 Å². The lowest BCUT2D eigenvalue weighted by Crippen LogP contribution is -2.36. The minimum absolute atomic E-state index is 0.177. The summed E-state index contributed by atoms with van der Waals surface area (Å²) in [5.74, 6) is -1.44. The molecule has 0 saturated heterocycles. The number of benzene rings is 2. The maximum Gasteiger partial charge on any atom is 0.410 e. The van der Waals surface area contributed by atoms with E-state index in [4.69, 9.17) is 14.6 Å². The van der Waals surface area contributed by atoms with Crippen molar-refractivity contribution in [2.45, 2.75) is 39.5 Å². The predicted octanol–water partition coefficient (Wildman–Crippen LogP) is 4.11. The molecule has 29 heavy (non-hydrogen) atoms. The normalized spacial score (nSPS) is 10.9. The molecule has 2 aromatic carbocycles. The van der Waals surface area contributed by atoms with Gasteiger partial charge in [-0.1, -0.05) is 24.3 Å². The molecule has 2 aromatic rings. The number of carboxylic acid groups (broad SMARTS) is 1. The van der Waals surface area contributed by atoms with Crippen LogP contribution in [0.5, 0.6) is 0 Å². The molecule has 0 aliphatic rings. The molecular formula is C22H25NO6. The minimum atomic E-state index is -1.01. The fraction of sp³-hybridized carbons (Fsp3) is 0.318. The van der Waals surface area contributed by atoms with E-state index in [1.54, 1.807) is 57.2 Å². The van der Waals surface area contributed by atoms with Crippen molar-refractivity contribution in [1.29, 1.82) is 0 Å². The van der Waals surface area contributed by atoms with Crippen LogP contribution in [0.4, 0.5) is 4.79 Å². The standard InChI is InChI=1S/C22H25NO6/c1-22(2,3)29-21(27)23(13-15-5-9-17(10-6-15)19(24)25)14-16-7-11-18(12-8-16)20(26)28-4/h5-12H,13-14H2,1-4H3,(H,24,25). The Labute approximate surface area is 169 Å². The van der Waals surface area contributed by atoms with E-state index in [-0.39, 0.29) is 18.7 Å². The zero-order valence-electron chi connectivity index (χ0n) is 17.0. The van der Waals surface area contributed by atoms with Gasteiger partial charge in [0.15, 0.2) is 0 Å². The third-order valence-electron chi connectivity index (χ3n) is 3.97. The molecule has 0 bridgehead atoms. The Morgan fingerprint density at radius 1 is 0.862 bits per heavy atom. The average Bonchev–Trinajstić information content (AvgIpc) is 2.66. The lowest BCUT2D eigenvalue weighted by molar-refractivity contribution is 0.0215. The summed E-state index contributed by atoms with van der Waals surface area (Å²) in [6.07, 6.45) is -0.489. The van der Waals surface area contributed by atoms with Crippen molar-refractivity contribution < 1.29 is 29.0 Å². The number of esters is 1. The molecule has 0 heterocycles. The number of carbonyl (C=O) groups excluding carboxylic acids is 2. The van der Waals surface area contributed by atoms with Crippen LogP contribution in [0, 0.1) is 0 Å². The number of hydrogen-bond acceptors (Lipinski definition) is 5. The molecule has 1 amide bonds. The van der Waals surface area contributed by atoms with E-state index in [9.17, 15) is 14.4 Å². The molecular weight excluding hydrogens is 374 g/mol. The smallest absolute Gasteiger partial charge is 0.410 e. The van der Waals surface area contributed by atoms with Crippen molar-refractivity contribution in [2.75, 3.05) is 7.11 Å². The summed E-state index contributed by atoms with van der Waals surface area (Å²) in [5, 5.41) is 9.03. The highest BCUT2D eigenvalue weighted by Crippen LogP contribution is 2.17.